The Morgan fingerprint density at radius 3 is 2.75 bits per heavy atom. The van der Waals surface area contributed by atoms with Crippen LogP contribution in [0.15, 0.2) is 24.3 Å². The Labute approximate surface area is 95.6 Å². The van der Waals surface area contributed by atoms with Gasteiger partial charge in [-0.2, -0.15) is 0 Å². The van der Waals surface area contributed by atoms with Gasteiger partial charge in [-0.05, 0) is 12.1 Å². The number of ether oxygens (including phenoxy) is 2. The molecule has 0 spiro atoms. The van der Waals surface area contributed by atoms with Crippen LogP contribution in [0, 0.1) is 0 Å². The van der Waals surface area contributed by atoms with E-state index in [4.69, 9.17) is 9.47 Å². The number of hydrogen-bond acceptors (Lipinski definition) is 4. The lowest BCUT2D eigenvalue weighted by Gasteiger charge is -2.07. The molecule has 0 fully saturated rings. The molecule has 0 bridgehead atoms. The summed E-state index contributed by atoms with van der Waals surface area (Å²) in [5.74, 6) is 0.634. The van der Waals surface area contributed by atoms with Crippen molar-refractivity contribution in [3.05, 3.63) is 29.8 Å². The summed E-state index contributed by atoms with van der Waals surface area (Å²) in [6.07, 6.45) is 0. The third kappa shape index (κ3) is 3.64. The predicted molar refractivity (Wildman–Crippen MR) is 62.1 cm³/mol. The maximum Gasteiger partial charge on any atom is 0.180 e. The molecule has 0 amide bonds. The summed E-state index contributed by atoms with van der Waals surface area (Å²) < 4.78 is 10.00. The number of carbonyl (C=O) groups excluding carboxylic acids is 1. The first-order valence-electron chi connectivity index (χ1n) is 5.15. The molecule has 4 heteroatoms. The highest BCUT2D eigenvalue weighted by atomic mass is 16.5. The number of benzene rings is 1. The topological polar surface area (TPSA) is 47.6 Å². The van der Waals surface area contributed by atoms with E-state index in [1.807, 2.05) is 12.1 Å². The van der Waals surface area contributed by atoms with E-state index in [-0.39, 0.29) is 5.78 Å². The summed E-state index contributed by atoms with van der Waals surface area (Å²) in [5, 5.41) is 3.01. The molecule has 1 N–H and O–H groups in total. The second-order valence-electron chi connectivity index (χ2n) is 3.29. The molecular formula is C12H17NO3. The second kappa shape index (κ2) is 6.98. The average Bonchev–Trinajstić information content (AvgIpc) is 2.34. The molecule has 0 saturated carbocycles. The van der Waals surface area contributed by atoms with Crippen LogP contribution in [-0.4, -0.2) is 39.7 Å². The number of Topliss-reactive ketones (excluding diaryl/α,β-unsaturated/α-hetero) is 1. The van der Waals surface area contributed by atoms with Crippen molar-refractivity contribution in [2.45, 2.75) is 0 Å². The van der Waals surface area contributed by atoms with Gasteiger partial charge >= 0.3 is 0 Å². The molecule has 0 aliphatic heterocycles. The van der Waals surface area contributed by atoms with E-state index in [1.54, 1.807) is 26.4 Å². The van der Waals surface area contributed by atoms with E-state index in [2.05, 4.69) is 5.32 Å². The lowest BCUT2D eigenvalue weighted by Crippen LogP contribution is -2.26. The van der Waals surface area contributed by atoms with Crippen LogP contribution in [0.3, 0.4) is 0 Å². The van der Waals surface area contributed by atoms with Gasteiger partial charge < -0.3 is 14.8 Å². The zero-order valence-electron chi connectivity index (χ0n) is 9.66. The van der Waals surface area contributed by atoms with Crippen molar-refractivity contribution in [3.63, 3.8) is 0 Å². The van der Waals surface area contributed by atoms with Gasteiger partial charge in [-0.25, -0.2) is 0 Å². The first-order chi connectivity index (χ1) is 7.79. The van der Waals surface area contributed by atoms with Crippen molar-refractivity contribution in [1.29, 1.82) is 0 Å². The standard InChI is InChI=1S/C12H17NO3/c1-15-8-7-13-9-11(14)10-5-3-4-6-12(10)16-2/h3-6,13H,7-9H2,1-2H3. The maximum atomic E-state index is 11.8. The Morgan fingerprint density at radius 2 is 2.06 bits per heavy atom. The van der Waals surface area contributed by atoms with E-state index < -0.39 is 0 Å². The summed E-state index contributed by atoms with van der Waals surface area (Å²) in [5.41, 5.74) is 0.606. The summed E-state index contributed by atoms with van der Waals surface area (Å²) in [7, 11) is 3.19. The van der Waals surface area contributed by atoms with Gasteiger partial charge in [-0.3, -0.25) is 4.79 Å². The van der Waals surface area contributed by atoms with Crippen molar-refractivity contribution < 1.29 is 14.3 Å². The fourth-order valence-corrected chi connectivity index (χ4v) is 1.35. The van der Waals surface area contributed by atoms with Crippen molar-refractivity contribution >= 4 is 5.78 Å². The first kappa shape index (κ1) is 12.7. The predicted octanol–water partition coefficient (Wildman–Crippen LogP) is 1.11. The van der Waals surface area contributed by atoms with Crippen LogP contribution in [-0.2, 0) is 4.74 Å². The highest BCUT2D eigenvalue weighted by Crippen LogP contribution is 2.17. The number of carbonyl (C=O) groups is 1. The van der Waals surface area contributed by atoms with Crippen molar-refractivity contribution in [2.24, 2.45) is 0 Å². The average molecular weight is 223 g/mol. The Kier molecular flexibility index (Phi) is 5.53. The van der Waals surface area contributed by atoms with E-state index >= 15 is 0 Å². The highest BCUT2D eigenvalue weighted by Gasteiger charge is 2.10. The summed E-state index contributed by atoms with van der Waals surface area (Å²) in [4.78, 5) is 11.8. The molecule has 0 atom stereocenters. The lowest BCUT2D eigenvalue weighted by molar-refractivity contribution is 0.0984. The molecule has 4 nitrogen and oxygen atoms in total. The molecule has 0 heterocycles. The van der Waals surface area contributed by atoms with E-state index in [0.29, 0.717) is 31.0 Å². The molecular weight excluding hydrogens is 206 g/mol. The highest BCUT2D eigenvalue weighted by molar-refractivity contribution is 6.00. The van der Waals surface area contributed by atoms with Gasteiger partial charge in [0, 0.05) is 13.7 Å². The number of methoxy groups -OCH3 is 2. The Hall–Kier alpha value is -1.39. The fourth-order valence-electron chi connectivity index (χ4n) is 1.35. The number of rotatable bonds is 7. The molecule has 1 aromatic rings. The molecule has 16 heavy (non-hydrogen) atoms. The van der Waals surface area contributed by atoms with Gasteiger partial charge in [0.05, 0.1) is 25.8 Å². The molecule has 0 radical (unpaired) electrons. The lowest BCUT2D eigenvalue weighted by atomic mass is 10.1. The molecule has 0 aliphatic carbocycles. The first-order valence-corrected chi connectivity index (χ1v) is 5.15. The second-order valence-corrected chi connectivity index (χ2v) is 3.29. The van der Waals surface area contributed by atoms with Crippen LogP contribution in [0.1, 0.15) is 10.4 Å². The maximum absolute atomic E-state index is 11.8. The molecule has 88 valence electrons. The largest absolute Gasteiger partial charge is 0.496 e. The van der Waals surface area contributed by atoms with Crippen LogP contribution in [0.2, 0.25) is 0 Å². The normalized spacial score (nSPS) is 10.1. The van der Waals surface area contributed by atoms with Crippen LogP contribution >= 0.6 is 0 Å². The monoisotopic (exact) mass is 223 g/mol. The van der Waals surface area contributed by atoms with Crippen LogP contribution in [0.5, 0.6) is 5.75 Å². The van der Waals surface area contributed by atoms with E-state index in [0.717, 1.165) is 0 Å². The number of ketones is 1. The summed E-state index contributed by atoms with van der Waals surface area (Å²) >= 11 is 0. The van der Waals surface area contributed by atoms with Gasteiger partial charge in [0.25, 0.3) is 0 Å². The van der Waals surface area contributed by atoms with Gasteiger partial charge in [-0.15, -0.1) is 0 Å². The minimum atomic E-state index is 0.0218. The summed E-state index contributed by atoms with van der Waals surface area (Å²) in [6.45, 7) is 1.56. The van der Waals surface area contributed by atoms with Crippen LogP contribution in [0.25, 0.3) is 0 Å². The third-order valence-corrected chi connectivity index (χ3v) is 2.18. The molecule has 0 aliphatic rings. The smallest absolute Gasteiger partial charge is 0.180 e. The van der Waals surface area contributed by atoms with Gasteiger partial charge in [0.1, 0.15) is 5.75 Å². The molecule has 1 rings (SSSR count). The van der Waals surface area contributed by atoms with Crippen LogP contribution < -0.4 is 10.1 Å². The van der Waals surface area contributed by atoms with Gasteiger partial charge in [0.15, 0.2) is 5.78 Å². The number of hydrogen-bond donors (Lipinski definition) is 1. The third-order valence-electron chi connectivity index (χ3n) is 2.18. The minimum absolute atomic E-state index is 0.0218. The Bertz CT molecular complexity index is 339. The number of nitrogens with one attached hydrogen (secondary N) is 1. The SMILES string of the molecule is COCCNCC(=O)c1ccccc1OC. The zero-order chi connectivity index (χ0) is 11.8. The molecule has 1 aromatic carbocycles. The Morgan fingerprint density at radius 1 is 1.31 bits per heavy atom. The molecule has 0 unspecified atom stereocenters. The minimum Gasteiger partial charge on any atom is -0.496 e. The summed E-state index contributed by atoms with van der Waals surface area (Å²) in [6, 6.07) is 7.21. The van der Waals surface area contributed by atoms with Crippen LogP contribution in [0.4, 0.5) is 0 Å². The molecule has 0 aromatic heterocycles. The van der Waals surface area contributed by atoms with Crippen molar-refractivity contribution in [2.75, 3.05) is 33.9 Å². The fraction of sp³-hybridized carbons (Fsp3) is 0.417. The quantitative estimate of drug-likeness (QED) is 0.555. The zero-order valence-corrected chi connectivity index (χ0v) is 9.66. The Balaban J connectivity index is 2.52. The van der Waals surface area contributed by atoms with Crippen molar-refractivity contribution in [3.8, 4) is 5.75 Å². The van der Waals surface area contributed by atoms with Gasteiger partial charge in [0.2, 0.25) is 0 Å². The van der Waals surface area contributed by atoms with Gasteiger partial charge in [-0.1, -0.05) is 12.1 Å². The van der Waals surface area contributed by atoms with Crippen molar-refractivity contribution in [1.82, 2.24) is 5.32 Å². The van der Waals surface area contributed by atoms with E-state index in [9.17, 15) is 4.79 Å². The molecule has 0 saturated heterocycles. The number of para-hydroxylation sites is 1. The van der Waals surface area contributed by atoms with E-state index in [1.165, 1.54) is 0 Å².